The maximum absolute atomic E-state index is 11.9. The molecular weight excluding hydrogens is 412 g/mol. The first-order chi connectivity index (χ1) is 13.4. The van der Waals surface area contributed by atoms with Gasteiger partial charge in [0.2, 0.25) is 0 Å². The van der Waals surface area contributed by atoms with E-state index in [1.54, 1.807) is 63.2 Å². The first-order valence-electron chi connectivity index (χ1n) is 8.84. The Balaban J connectivity index is 2.21. The lowest BCUT2D eigenvalue weighted by Gasteiger charge is -2.19. The Bertz CT molecular complexity index is 1060. The van der Waals surface area contributed by atoms with Gasteiger partial charge >= 0.3 is 5.97 Å². The quantitative estimate of drug-likeness (QED) is 0.525. The predicted molar refractivity (Wildman–Crippen MR) is 114 cm³/mol. The van der Waals surface area contributed by atoms with Gasteiger partial charge < -0.3 is 9.47 Å². The summed E-state index contributed by atoms with van der Waals surface area (Å²) in [6, 6.07) is 11.9. The molecule has 0 aliphatic rings. The average Bonchev–Trinajstić information content (AvgIpc) is 2.56. The van der Waals surface area contributed by atoms with Crippen LogP contribution in [0.4, 0.5) is 0 Å². The number of esters is 1. The molecule has 0 saturated heterocycles. The van der Waals surface area contributed by atoms with Crippen LogP contribution in [-0.2, 0) is 25.1 Å². The van der Waals surface area contributed by atoms with E-state index in [1.807, 2.05) is 0 Å². The van der Waals surface area contributed by atoms with Gasteiger partial charge in [-0.2, -0.15) is 0 Å². The van der Waals surface area contributed by atoms with Crippen LogP contribution in [0.1, 0.15) is 37.5 Å². The minimum atomic E-state index is -3.13. The third kappa shape index (κ3) is 8.59. The van der Waals surface area contributed by atoms with Crippen LogP contribution in [0.15, 0.2) is 42.5 Å². The topological polar surface area (TPSA) is 69.7 Å². The van der Waals surface area contributed by atoms with E-state index in [4.69, 9.17) is 21.1 Å². The van der Waals surface area contributed by atoms with Crippen molar-refractivity contribution in [3.8, 4) is 17.6 Å². The van der Waals surface area contributed by atoms with Gasteiger partial charge in [-0.3, -0.25) is 0 Å². The smallest absolute Gasteiger partial charge is 0.344 e. The summed E-state index contributed by atoms with van der Waals surface area (Å²) < 4.78 is 33.8. The SMILES string of the molecule is CC(C)(C)OC(=O)COc1ccc(Cl)cc1C#Cc1cccc(CS(C)(=O)=O)c1. The Hall–Kier alpha value is -2.49. The molecule has 0 aliphatic heterocycles. The standard InChI is InChI=1S/C22H23ClO5S/c1-22(2,3)28-21(24)14-27-20-11-10-19(23)13-18(20)9-8-16-6-5-7-17(12-16)15-29(4,25)26/h5-7,10-13H,14-15H2,1-4H3. The highest BCUT2D eigenvalue weighted by Gasteiger charge is 2.17. The molecule has 2 aromatic rings. The van der Waals surface area contributed by atoms with Crippen molar-refractivity contribution in [3.63, 3.8) is 0 Å². The van der Waals surface area contributed by atoms with E-state index in [9.17, 15) is 13.2 Å². The van der Waals surface area contributed by atoms with E-state index in [0.717, 1.165) is 0 Å². The second kappa shape index (κ2) is 9.34. The first-order valence-corrected chi connectivity index (χ1v) is 11.3. The molecule has 0 heterocycles. The van der Waals surface area contributed by atoms with Crippen molar-refractivity contribution in [2.45, 2.75) is 32.1 Å². The van der Waals surface area contributed by atoms with Crippen LogP contribution in [-0.4, -0.2) is 32.9 Å². The highest BCUT2D eigenvalue weighted by atomic mass is 35.5. The summed E-state index contributed by atoms with van der Waals surface area (Å²) in [7, 11) is -3.13. The number of carbonyl (C=O) groups excluding carboxylic acids is 1. The maximum Gasteiger partial charge on any atom is 0.344 e. The number of halogens is 1. The second-order valence-corrected chi connectivity index (χ2v) is 10.1. The number of sulfone groups is 1. The Morgan fingerprint density at radius 1 is 1.10 bits per heavy atom. The number of benzene rings is 2. The van der Waals surface area contributed by atoms with Gasteiger partial charge in [0.15, 0.2) is 16.4 Å². The van der Waals surface area contributed by atoms with E-state index in [0.29, 0.717) is 27.5 Å². The zero-order valence-electron chi connectivity index (χ0n) is 16.8. The minimum absolute atomic E-state index is 0.0517. The minimum Gasteiger partial charge on any atom is -0.481 e. The highest BCUT2D eigenvalue weighted by Crippen LogP contribution is 2.22. The monoisotopic (exact) mass is 434 g/mol. The van der Waals surface area contributed by atoms with Gasteiger partial charge in [0, 0.05) is 16.8 Å². The summed E-state index contributed by atoms with van der Waals surface area (Å²) in [4.78, 5) is 11.9. The third-order valence-corrected chi connectivity index (χ3v) is 4.50. The Labute approximate surface area is 176 Å². The molecule has 0 radical (unpaired) electrons. The molecule has 5 nitrogen and oxygen atoms in total. The molecule has 29 heavy (non-hydrogen) atoms. The summed E-state index contributed by atoms with van der Waals surface area (Å²) in [5.41, 5.74) is 1.23. The van der Waals surface area contributed by atoms with Crippen LogP contribution in [0, 0.1) is 11.8 Å². The second-order valence-electron chi connectivity index (χ2n) is 7.54. The number of carbonyl (C=O) groups is 1. The summed E-state index contributed by atoms with van der Waals surface area (Å²) in [5, 5.41) is 0.477. The number of rotatable bonds is 5. The molecule has 2 aromatic carbocycles. The third-order valence-electron chi connectivity index (χ3n) is 3.40. The summed E-state index contributed by atoms with van der Waals surface area (Å²) >= 11 is 6.06. The van der Waals surface area contributed by atoms with Crippen LogP contribution in [0.25, 0.3) is 0 Å². The molecule has 0 fully saturated rings. The van der Waals surface area contributed by atoms with Gasteiger partial charge in [-0.05, 0) is 56.7 Å². The molecule has 0 saturated carbocycles. The van der Waals surface area contributed by atoms with Gasteiger partial charge in [-0.15, -0.1) is 0 Å². The van der Waals surface area contributed by atoms with Gasteiger partial charge in [-0.25, -0.2) is 13.2 Å². The average molecular weight is 435 g/mol. The van der Waals surface area contributed by atoms with Gasteiger partial charge in [0.1, 0.15) is 11.4 Å². The van der Waals surface area contributed by atoms with Crippen LogP contribution in [0.5, 0.6) is 5.75 Å². The Morgan fingerprint density at radius 3 is 2.48 bits per heavy atom. The molecule has 154 valence electrons. The van der Waals surface area contributed by atoms with Crippen LogP contribution in [0.2, 0.25) is 5.02 Å². The summed E-state index contributed by atoms with van der Waals surface area (Å²) in [6.07, 6.45) is 1.19. The maximum atomic E-state index is 11.9. The van der Waals surface area contributed by atoms with Crippen LogP contribution in [0.3, 0.4) is 0 Å². The van der Waals surface area contributed by atoms with Crippen molar-refractivity contribution in [3.05, 3.63) is 64.2 Å². The summed E-state index contributed by atoms with van der Waals surface area (Å²) in [6.45, 7) is 5.09. The lowest BCUT2D eigenvalue weighted by Crippen LogP contribution is -2.27. The van der Waals surface area contributed by atoms with E-state index < -0.39 is 21.4 Å². The number of hydrogen-bond donors (Lipinski definition) is 0. The van der Waals surface area contributed by atoms with Gasteiger partial charge in [-0.1, -0.05) is 35.6 Å². The zero-order valence-corrected chi connectivity index (χ0v) is 18.4. The fraction of sp³-hybridized carbons (Fsp3) is 0.318. The molecule has 0 aliphatic carbocycles. The molecule has 0 bridgehead atoms. The molecule has 0 atom stereocenters. The first kappa shape index (κ1) is 22.8. The van der Waals surface area contributed by atoms with E-state index in [2.05, 4.69) is 11.8 Å². The van der Waals surface area contributed by atoms with Crippen molar-refractivity contribution < 1.29 is 22.7 Å². The van der Waals surface area contributed by atoms with Crippen molar-refractivity contribution in [2.75, 3.05) is 12.9 Å². The van der Waals surface area contributed by atoms with Crippen molar-refractivity contribution in [2.24, 2.45) is 0 Å². The largest absolute Gasteiger partial charge is 0.481 e. The fourth-order valence-electron chi connectivity index (χ4n) is 2.41. The molecule has 0 amide bonds. The molecule has 0 aromatic heterocycles. The van der Waals surface area contributed by atoms with E-state index in [-0.39, 0.29) is 12.4 Å². The molecule has 0 spiro atoms. The van der Waals surface area contributed by atoms with E-state index >= 15 is 0 Å². The van der Waals surface area contributed by atoms with Crippen molar-refractivity contribution in [1.82, 2.24) is 0 Å². The number of hydrogen-bond acceptors (Lipinski definition) is 5. The predicted octanol–water partition coefficient (Wildman–Crippen LogP) is 4.00. The molecule has 0 N–H and O–H groups in total. The van der Waals surface area contributed by atoms with E-state index in [1.165, 1.54) is 6.26 Å². The van der Waals surface area contributed by atoms with Gasteiger partial charge in [0.25, 0.3) is 0 Å². The van der Waals surface area contributed by atoms with Gasteiger partial charge in [0.05, 0.1) is 11.3 Å². The normalized spacial score (nSPS) is 11.3. The van der Waals surface area contributed by atoms with Crippen LogP contribution >= 0.6 is 11.6 Å². The lowest BCUT2D eigenvalue weighted by atomic mass is 10.1. The van der Waals surface area contributed by atoms with Crippen molar-refractivity contribution >= 4 is 27.4 Å². The van der Waals surface area contributed by atoms with Crippen molar-refractivity contribution in [1.29, 1.82) is 0 Å². The Morgan fingerprint density at radius 2 is 1.83 bits per heavy atom. The molecular formula is C22H23ClO5S. The lowest BCUT2D eigenvalue weighted by molar-refractivity contribution is -0.157. The Kier molecular flexibility index (Phi) is 7.34. The molecule has 7 heteroatoms. The summed E-state index contributed by atoms with van der Waals surface area (Å²) in [5.74, 6) is 5.82. The van der Waals surface area contributed by atoms with Crippen LogP contribution < -0.4 is 4.74 Å². The zero-order chi connectivity index (χ0) is 21.7. The highest BCUT2D eigenvalue weighted by molar-refractivity contribution is 7.89. The molecule has 2 rings (SSSR count). The molecule has 0 unspecified atom stereocenters. The number of ether oxygens (including phenoxy) is 2. The fourth-order valence-corrected chi connectivity index (χ4v) is 3.37.